The van der Waals surface area contributed by atoms with E-state index in [4.69, 9.17) is 4.74 Å². The molecule has 3 heterocycles. The van der Waals surface area contributed by atoms with Crippen LogP contribution in [0.15, 0.2) is 69.5 Å². The Morgan fingerprint density at radius 3 is 2.34 bits per heavy atom. The van der Waals surface area contributed by atoms with Crippen LogP contribution in [0.5, 0.6) is 0 Å². The Kier molecular flexibility index (Phi) is 6.74. The predicted molar refractivity (Wildman–Crippen MR) is 126 cm³/mol. The van der Waals surface area contributed by atoms with Crippen molar-refractivity contribution >= 4 is 11.8 Å². The zero-order chi connectivity index (χ0) is 20.1. The number of hydrogen-bond acceptors (Lipinski definition) is 3. The SMILES string of the molecule is C1=CCC2=C(C1)CCN2.C1=CCC2=C(C1)CCS2.CC1(C)COC2=C1CC=CC2. The van der Waals surface area contributed by atoms with Gasteiger partial charge in [-0.15, -0.1) is 11.8 Å². The predicted octanol–water partition coefficient (Wildman–Crippen LogP) is 6.96. The van der Waals surface area contributed by atoms with Crippen molar-refractivity contribution in [1.82, 2.24) is 5.32 Å². The first kappa shape index (κ1) is 20.7. The fourth-order valence-corrected chi connectivity index (χ4v) is 5.86. The molecule has 0 aromatic rings. The van der Waals surface area contributed by atoms with Crippen LogP contribution in [-0.4, -0.2) is 18.9 Å². The van der Waals surface area contributed by atoms with Gasteiger partial charge in [-0.1, -0.05) is 55.9 Å². The summed E-state index contributed by atoms with van der Waals surface area (Å²) in [4.78, 5) is 1.66. The van der Waals surface area contributed by atoms with E-state index < -0.39 is 0 Å². The minimum absolute atomic E-state index is 0.292. The van der Waals surface area contributed by atoms with Crippen molar-refractivity contribution < 1.29 is 4.74 Å². The van der Waals surface area contributed by atoms with Crippen molar-refractivity contribution in [3.05, 3.63) is 69.5 Å². The third-order valence-corrected chi connectivity index (χ3v) is 7.72. The standard InChI is InChI=1S/C10H14O.C8H11N.C8H10S/c1-10(2)7-11-9-6-4-3-5-8(9)10;2*1-2-4-8-7(3-1)5-6-9-8/h3-4H,5-7H2,1-2H3;1-2,9H,3-6H2;1-2H,3-6H2. The molecule has 0 fully saturated rings. The first-order valence-corrected chi connectivity index (χ1v) is 12.2. The first-order chi connectivity index (χ1) is 14.1. The van der Waals surface area contributed by atoms with Gasteiger partial charge in [0.1, 0.15) is 0 Å². The van der Waals surface area contributed by atoms with Gasteiger partial charge in [-0.2, -0.15) is 0 Å². The van der Waals surface area contributed by atoms with Crippen LogP contribution in [0.3, 0.4) is 0 Å². The summed E-state index contributed by atoms with van der Waals surface area (Å²) in [5, 5.41) is 3.39. The molecule has 0 aromatic heterocycles. The normalized spacial score (nSPS) is 25.3. The number of rotatable bonds is 0. The highest BCUT2D eigenvalue weighted by molar-refractivity contribution is 8.03. The second-order valence-electron chi connectivity index (χ2n) is 9.10. The van der Waals surface area contributed by atoms with Crippen molar-refractivity contribution in [3.8, 4) is 0 Å². The van der Waals surface area contributed by atoms with E-state index in [1.54, 1.807) is 16.1 Å². The molecule has 0 unspecified atom stereocenters. The first-order valence-electron chi connectivity index (χ1n) is 11.2. The fraction of sp³-hybridized carbons (Fsp3) is 0.538. The lowest BCUT2D eigenvalue weighted by molar-refractivity contribution is 0.182. The lowest BCUT2D eigenvalue weighted by Gasteiger charge is -2.19. The van der Waals surface area contributed by atoms with E-state index in [0.717, 1.165) is 25.9 Å². The van der Waals surface area contributed by atoms with Crippen molar-refractivity contribution in [2.24, 2.45) is 5.41 Å². The van der Waals surface area contributed by atoms with Gasteiger partial charge in [0.05, 0.1) is 12.4 Å². The molecule has 0 atom stereocenters. The van der Waals surface area contributed by atoms with Crippen molar-refractivity contribution in [1.29, 1.82) is 0 Å². The number of nitrogens with one attached hydrogen (secondary N) is 1. The maximum absolute atomic E-state index is 5.60. The summed E-state index contributed by atoms with van der Waals surface area (Å²) in [5.74, 6) is 2.57. The van der Waals surface area contributed by atoms with Crippen LogP contribution in [0.1, 0.15) is 65.2 Å². The minimum Gasteiger partial charge on any atom is -0.497 e. The minimum atomic E-state index is 0.292. The Labute approximate surface area is 180 Å². The zero-order valence-corrected chi connectivity index (χ0v) is 18.9. The summed E-state index contributed by atoms with van der Waals surface area (Å²) >= 11 is 2.05. The molecule has 0 saturated heterocycles. The average molecular weight is 410 g/mol. The van der Waals surface area contributed by atoms with Crippen LogP contribution in [0.4, 0.5) is 0 Å². The second kappa shape index (κ2) is 9.47. The largest absolute Gasteiger partial charge is 0.497 e. The molecule has 156 valence electrons. The molecule has 0 bridgehead atoms. The Morgan fingerprint density at radius 1 is 0.828 bits per heavy atom. The topological polar surface area (TPSA) is 21.3 Å². The average Bonchev–Trinajstić information content (AvgIpc) is 3.48. The fourth-order valence-electron chi connectivity index (χ4n) is 4.67. The van der Waals surface area contributed by atoms with Crippen molar-refractivity contribution in [2.75, 3.05) is 18.9 Å². The van der Waals surface area contributed by atoms with Crippen LogP contribution in [-0.2, 0) is 4.74 Å². The highest BCUT2D eigenvalue weighted by Gasteiger charge is 2.33. The monoisotopic (exact) mass is 409 g/mol. The molecule has 6 rings (SSSR count). The maximum atomic E-state index is 5.60. The van der Waals surface area contributed by atoms with Gasteiger partial charge in [0.2, 0.25) is 0 Å². The third kappa shape index (κ3) is 5.12. The summed E-state index contributed by atoms with van der Waals surface area (Å²) in [5.41, 5.74) is 6.65. The molecule has 0 spiro atoms. The highest BCUT2D eigenvalue weighted by atomic mass is 32.2. The molecule has 0 aromatic carbocycles. The molecule has 29 heavy (non-hydrogen) atoms. The van der Waals surface area contributed by atoms with Crippen LogP contribution in [0.2, 0.25) is 0 Å². The van der Waals surface area contributed by atoms with E-state index in [1.165, 1.54) is 61.4 Å². The zero-order valence-electron chi connectivity index (χ0n) is 18.1. The molecule has 3 aliphatic heterocycles. The number of allylic oxidation sites excluding steroid dienone is 8. The van der Waals surface area contributed by atoms with E-state index in [-0.39, 0.29) is 0 Å². The molecule has 0 radical (unpaired) electrons. The molecule has 0 saturated carbocycles. The molecule has 6 aliphatic rings. The van der Waals surface area contributed by atoms with Crippen LogP contribution in [0, 0.1) is 5.41 Å². The van der Waals surface area contributed by atoms with Gasteiger partial charge in [-0.3, -0.25) is 0 Å². The van der Waals surface area contributed by atoms with Gasteiger partial charge in [0, 0.05) is 36.3 Å². The van der Waals surface area contributed by atoms with E-state index in [2.05, 4.69) is 67.4 Å². The molecule has 2 nitrogen and oxygen atoms in total. The van der Waals surface area contributed by atoms with Gasteiger partial charge in [-0.25, -0.2) is 0 Å². The van der Waals surface area contributed by atoms with Crippen LogP contribution in [0.25, 0.3) is 0 Å². The molecule has 3 aliphatic carbocycles. The summed E-state index contributed by atoms with van der Waals surface area (Å²) in [6, 6.07) is 0. The summed E-state index contributed by atoms with van der Waals surface area (Å²) < 4.78 is 5.60. The van der Waals surface area contributed by atoms with Gasteiger partial charge in [0.15, 0.2) is 0 Å². The molecule has 0 amide bonds. The molecular formula is C26H35NOS. The second-order valence-corrected chi connectivity index (χ2v) is 10.3. The van der Waals surface area contributed by atoms with E-state index in [9.17, 15) is 0 Å². The molecule has 3 heteroatoms. The number of thioether (sulfide) groups is 1. The third-order valence-electron chi connectivity index (χ3n) is 6.51. The quantitative estimate of drug-likeness (QED) is 0.437. The van der Waals surface area contributed by atoms with E-state index >= 15 is 0 Å². The van der Waals surface area contributed by atoms with Crippen molar-refractivity contribution in [3.63, 3.8) is 0 Å². The molecular weight excluding hydrogens is 374 g/mol. The Balaban J connectivity index is 0.000000107. The van der Waals surface area contributed by atoms with E-state index in [1.807, 2.05) is 0 Å². The van der Waals surface area contributed by atoms with Gasteiger partial charge in [-0.05, 0) is 54.6 Å². The van der Waals surface area contributed by atoms with E-state index in [0.29, 0.717) is 5.41 Å². The number of ether oxygens (including phenoxy) is 1. The van der Waals surface area contributed by atoms with Gasteiger partial charge < -0.3 is 10.1 Å². The summed E-state index contributed by atoms with van der Waals surface area (Å²) in [6.45, 7) is 6.56. The van der Waals surface area contributed by atoms with Crippen molar-refractivity contribution in [2.45, 2.75) is 65.2 Å². The summed E-state index contributed by atoms with van der Waals surface area (Å²) in [6.07, 6.45) is 23.1. The lowest BCUT2D eigenvalue weighted by atomic mass is 9.82. The highest BCUT2D eigenvalue weighted by Crippen LogP contribution is 2.41. The Morgan fingerprint density at radius 2 is 1.55 bits per heavy atom. The lowest BCUT2D eigenvalue weighted by Crippen LogP contribution is -2.14. The Bertz CT molecular complexity index is 729. The summed E-state index contributed by atoms with van der Waals surface area (Å²) in [7, 11) is 0. The van der Waals surface area contributed by atoms with Crippen LogP contribution < -0.4 is 5.32 Å². The van der Waals surface area contributed by atoms with Gasteiger partial charge in [0.25, 0.3) is 0 Å². The van der Waals surface area contributed by atoms with Gasteiger partial charge >= 0.3 is 0 Å². The van der Waals surface area contributed by atoms with Crippen LogP contribution >= 0.6 is 11.8 Å². The smallest absolute Gasteiger partial charge is 0.0999 e. The molecule has 1 N–H and O–H groups in total. The Hall–Kier alpha value is -1.61. The number of hydrogen-bond donors (Lipinski definition) is 1. The maximum Gasteiger partial charge on any atom is 0.0999 e.